The van der Waals surface area contributed by atoms with E-state index in [1.165, 1.54) is 5.70 Å². The Hall–Kier alpha value is -1.44. The monoisotopic (exact) mass is 174 g/mol. The minimum Gasteiger partial charge on any atom is -0.399 e. The van der Waals surface area contributed by atoms with Crippen molar-refractivity contribution in [2.24, 2.45) is 11.7 Å². The van der Waals surface area contributed by atoms with Crippen LogP contribution < -0.4 is 5.73 Å². The van der Waals surface area contributed by atoms with Crippen LogP contribution in [0.2, 0.25) is 0 Å². The van der Waals surface area contributed by atoms with Crippen LogP contribution >= 0.6 is 0 Å². The van der Waals surface area contributed by atoms with E-state index in [0.29, 0.717) is 5.92 Å². The van der Waals surface area contributed by atoms with E-state index in [4.69, 9.17) is 5.73 Å². The van der Waals surface area contributed by atoms with Gasteiger partial charge in [-0.3, -0.25) is 0 Å². The van der Waals surface area contributed by atoms with Gasteiger partial charge < -0.3 is 10.6 Å². The van der Waals surface area contributed by atoms with Crippen molar-refractivity contribution >= 4 is 0 Å². The fourth-order valence-electron chi connectivity index (χ4n) is 1.47. The number of fused-ring (bicyclic) bond motifs is 1. The van der Waals surface area contributed by atoms with Crippen LogP contribution in [0.15, 0.2) is 48.1 Å². The highest BCUT2D eigenvalue weighted by Crippen LogP contribution is 2.21. The van der Waals surface area contributed by atoms with Gasteiger partial charge in [0.05, 0.1) is 0 Å². The number of allylic oxidation sites excluding steroid dienone is 4. The second kappa shape index (κ2) is 3.13. The quantitative estimate of drug-likeness (QED) is 0.609. The minimum atomic E-state index is 0.612. The summed E-state index contributed by atoms with van der Waals surface area (Å²) in [6, 6.07) is 0. The lowest BCUT2D eigenvalue weighted by molar-refractivity contribution is 0.641. The summed E-state index contributed by atoms with van der Waals surface area (Å²) in [7, 11) is 0. The Labute approximate surface area is 78.7 Å². The van der Waals surface area contributed by atoms with Crippen LogP contribution in [0, 0.1) is 5.92 Å². The first-order valence-corrected chi connectivity index (χ1v) is 4.58. The van der Waals surface area contributed by atoms with Gasteiger partial charge in [0.1, 0.15) is 0 Å². The summed E-state index contributed by atoms with van der Waals surface area (Å²) in [6.07, 6.45) is 13.5. The van der Waals surface area contributed by atoms with Gasteiger partial charge in [-0.1, -0.05) is 19.1 Å². The second-order valence-corrected chi connectivity index (χ2v) is 3.55. The van der Waals surface area contributed by atoms with Gasteiger partial charge in [0.25, 0.3) is 0 Å². The van der Waals surface area contributed by atoms with Crippen LogP contribution in [0.1, 0.15) is 13.3 Å². The fraction of sp³-hybridized carbons (Fsp3) is 0.273. The predicted molar refractivity (Wildman–Crippen MR) is 54.3 cm³/mol. The van der Waals surface area contributed by atoms with E-state index in [1.807, 2.05) is 18.4 Å². The Morgan fingerprint density at radius 2 is 2.31 bits per heavy atom. The number of nitrogens with two attached hydrogens (primary N) is 1. The maximum atomic E-state index is 5.71. The van der Waals surface area contributed by atoms with Gasteiger partial charge in [0.15, 0.2) is 0 Å². The molecule has 0 aromatic heterocycles. The van der Waals surface area contributed by atoms with E-state index in [-0.39, 0.29) is 0 Å². The molecule has 0 fully saturated rings. The summed E-state index contributed by atoms with van der Waals surface area (Å²) >= 11 is 0. The largest absolute Gasteiger partial charge is 0.399 e. The molecular weight excluding hydrogens is 160 g/mol. The zero-order valence-electron chi connectivity index (χ0n) is 7.77. The lowest BCUT2D eigenvalue weighted by Crippen LogP contribution is -2.12. The number of nitrogens with zero attached hydrogens (tertiary/aromatic N) is 1. The summed E-state index contributed by atoms with van der Waals surface area (Å²) in [4.78, 5) is 2.10. The Balaban J connectivity index is 2.32. The zero-order chi connectivity index (χ0) is 9.26. The first-order valence-electron chi connectivity index (χ1n) is 4.58. The van der Waals surface area contributed by atoms with E-state index in [9.17, 15) is 0 Å². The molecule has 0 aliphatic carbocycles. The van der Waals surface area contributed by atoms with Crippen molar-refractivity contribution in [2.75, 3.05) is 0 Å². The van der Waals surface area contributed by atoms with Crippen molar-refractivity contribution in [1.29, 1.82) is 0 Å². The van der Waals surface area contributed by atoms with E-state index in [2.05, 4.69) is 30.2 Å². The molecular formula is C11H14N2. The third-order valence-electron chi connectivity index (χ3n) is 2.31. The Bertz CT molecular complexity index is 321. The van der Waals surface area contributed by atoms with Gasteiger partial charge >= 0.3 is 0 Å². The average molecular weight is 174 g/mol. The first kappa shape index (κ1) is 8.17. The van der Waals surface area contributed by atoms with Gasteiger partial charge in [-0.2, -0.15) is 0 Å². The predicted octanol–water partition coefficient (Wildman–Crippen LogP) is 2.10. The molecule has 2 N–H and O–H groups in total. The first-order chi connectivity index (χ1) is 6.25. The van der Waals surface area contributed by atoms with Gasteiger partial charge in [-0.15, -0.1) is 0 Å². The highest BCUT2D eigenvalue weighted by atomic mass is 15.1. The van der Waals surface area contributed by atoms with E-state index in [1.54, 1.807) is 0 Å². The Morgan fingerprint density at radius 1 is 1.46 bits per heavy atom. The molecule has 0 bridgehead atoms. The van der Waals surface area contributed by atoms with Crippen molar-refractivity contribution < 1.29 is 0 Å². The van der Waals surface area contributed by atoms with Gasteiger partial charge in [0, 0.05) is 23.8 Å². The van der Waals surface area contributed by atoms with Crippen molar-refractivity contribution in [1.82, 2.24) is 4.90 Å². The molecule has 0 saturated carbocycles. The van der Waals surface area contributed by atoms with Crippen molar-refractivity contribution in [3.8, 4) is 0 Å². The lowest BCUT2D eigenvalue weighted by Gasteiger charge is -2.19. The molecule has 2 aliphatic heterocycles. The topological polar surface area (TPSA) is 29.3 Å². The van der Waals surface area contributed by atoms with E-state index < -0.39 is 0 Å². The number of hydrogen-bond acceptors (Lipinski definition) is 2. The number of hydrogen-bond donors (Lipinski definition) is 1. The summed E-state index contributed by atoms with van der Waals surface area (Å²) < 4.78 is 0. The highest BCUT2D eigenvalue weighted by Gasteiger charge is 2.09. The van der Waals surface area contributed by atoms with Crippen molar-refractivity contribution in [2.45, 2.75) is 13.3 Å². The maximum Gasteiger partial charge on any atom is 0.0430 e. The molecule has 2 rings (SSSR count). The molecule has 13 heavy (non-hydrogen) atoms. The Kier molecular flexibility index (Phi) is 1.97. The molecule has 0 unspecified atom stereocenters. The standard InChI is InChI=1S/C11H14N2/c1-9-2-3-11-8-10(12)5-7-13(11)6-4-9/h3-9H,2,12H2,1H3/t9-/m1/s1. The molecule has 0 aromatic carbocycles. The molecule has 2 heterocycles. The normalized spacial score (nSPS) is 26.2. The van der Waals surface area contributed by atoms with Gasteiger partial charge in [-0.25, -0.2) is 0 Å². The third kappa shape index (κ3) is 1.66. The Morgan fingerprint density at radius 3 is 3.15 bits per heavy atom. The SMILES string of the molecule is C[C@H]1C=CN2C=CC(N)=CC2=CC1. The molecule has 68 valence electrons. The van der Waals surface area contributed by atoms with Gasteiger partial charge in [-0.05, 0) is 24.5 Å². The van der Waals surface area contributed by atoms with Crippen molar-refractivity contribution in [3.05, 3.63) is 48.1 Å². The van der Waals surface area contributed by atoms with Crippen LogP contribution in [0.4, 0.5) is 0 Å². The van der Waals surface area contributed by atoms with Gasteiger partial charge in [0.2, 0.25) is 0 Å². The highest BCUT2D eigenvalue weighted by molar-refractivity contribution is 5.35. The van der Waals surface area contributed by atoms with E-state index >= 15 is 0 Å². The van der Waals surface area contributed by atoms with Crippen LogP contribution in [0.5, 0.6) is 0 Å². The smallest absolute Gasteiger partial charge is 0.0430 e. The van der Waals surface area contributed by atoms with Crippen molar-refractivity contribution in [3.63, 3.8) is 0 Å². The average Bonchev–Trinajstić information content (AvgIpc) is 2.29. The summed E-state index contributed by atoms with van der Waals surface area (Å²) in [5, 5.41) is 0. The maximum absolute atomic E-state index is 5.71. The molecule has 0 saturated heterocycles. The molecule has 0 aromatic rings. The minimum absolute atomic E-state index is 0.612. The summed E-state index contributed by atoms with van der Waals surface area (Å²) in [5.74, 6) is 0.612. The molecule has 2 aliphatic rings. The van der Waals surface area contributed by atoms with Crippen LogP contribution in [0.3, 0.4) is 0 Å². The molecule has 0 spiro atoms. The van der Waals surface area contributed by atoms with E-state index in [0.717, 1.165) is 12.1 Å². The molecule has 2 heteroatoms. The van der Waals surface area contributed by atoms with Crippen LogP contribution in [-0.2, 0) is 0 Å². The summed E-state index contributed by atoms with van der Waals surface area (Å²) in [5.41, 5.74) is 7.72. The zero-order valence-corrected chi connectivity index (χ0v) is 7.77. The van der Waals surface area contributed by atoms with Crippen LogP contribution in [0.25, 0.3) is 0 Å². The lowest BCUT2D eigenvalue weighted by atomic mass is 10.1. The molecule has 0 amide bonds. The fourth-order valence-corrected chi connectivity index (χ4v) is 1.47. The second-order valence-electron chi connectivity index (χ2n) is 3.55. The summed E-state index contributed by atoms with van der Waals surface area (Å²) in [6.45, 7) is 2.21. The third-order valence-corrected chi connectivity index (χ3v) is 2.31. The van der Waals surface area contributed by atoms with Crippen LogP contribution in [-0.4, -0.2) is 4.90 Å². The number of rotatable bonds is 0. The molecule has 2 nitrogen and oxygen atoms in total. The molecule has 0 radical (unpaired) electrons. The molecule has 1 atom stereocenters.